The molecule has 2 aromatic heterocycles. The molecule has 124 valence electrons. The van der Waals surface area contributed by atoms with Crippen LogP contribution in [0.25, 0.3) is 11.4 Å². The van der Waals surface area contributed by atoms with E-state index < -0.39 is 0 Å². The minimum Gasteiger partial charge on any atom is -0.497 e. The minimum absolute atomic E-state index is 0.0749. The summed E-state index contributed by atoms with van der Waals surface area (Å²) in [6, 6.07) is 10.9. The number of amides is 1. The van der Waals surface area contributed by atoms with Crippen LogP contribution in [-0.2, 0) is 11.2 Å². The third kappa shape index (κ3) is 3.80. The summed E-state index contributed by atoms with van der Waals surface area (Å²) in [5.74, 6) is 1.54. The molecule has 0 saturated carbocycles. The molecule has 1 amide bonds. The molecule has 0 unspecified atom stereocenters. The first kappa shape index (κ1) is 16.2. The van der Waals surface area contributed by atoms with E-state index in [9.17, 15) is 4.79 Å². The first-order valence-electron chi connectivity index (χ1n) is 7.45. The van der Waals surface area contributed by atoms with Gasteiger partial charge in [0, 0.05) is 10.4 Å². The number of nitrogens with zero attached hydrogens (tertiary/aromatic N) is 2. The number of hydrogen-bond donors (Lipinski definition) is 1. The molecule has 3 aromatic rings. The molecule has 7 heteroatoms. The minimum atomic E-state index is -0.350. The van der Waals surface area contributed by atoms with Crippen LogP contribution in [0, 0.1) is 0 Å². The lowest BCUT2D eigenvalue weighted by molar-refractivity contribution is -0.121. The predicted octanol–water partition coefficient (Wildman–Crippen LogP) is 3.23. The van der Waals surface area contributed by atoms with Crippen molar-refractivity contribution in [3.05, 3.63) is 52.5 Å². The SMILES string of the molecule is COc1ccc(-c2noc([C@H](C)NC(=O)Cc3cccs3)n2)cc1. The molecule has 24 heavy (non-hydrogen) atoms. The third-order valence-corrected chi connectivity index (χ3v) is 4.33. The van der Waals surface area contributed by atoms with Crippen LogP contribution in [0.5, 0.6) is 5.75 Å². The number of nitrogens with one attached hydrogen (secondary N) is 1. The van der Waals surface area contributed by atoms with Crippen LogP contribution in [0.15, 0.2) is 46.3 Å². The highest BCUT2D eigenvalue weighted by Gasteiger charge is 2.17. The van der Waals surface area contributed by atoms with Crippen LogP contribution >= 0.6 is 11.3 Å². The predicted molar refractivity (Wildman–Crippen MR) is 90.9 cm³/mol. The van der Waals surface area contributed by atoms with Gasteiger partial charge in [-0.05, 0) is 42.6 Å². The molecular weight excluding hydrogens is 326 g/mol. The second-order valence-corrected chi connectivity index (χ2v) is 6.26. The van der Waals surface area contributed by atoms with Crippen molar-refractivity contribution < 1.29 is 14.1 Å². The lowest BCUT2D eigenvalue weighted by Gasteiger charge is -2.08. The average molecular weight is 343 g/mol. The summed E-state index contributed by atoms with van der Waals surface area (Å²) >= 11 is 1.56. The quantitative estimate of drug-likeness (QED) is 0.743. The second kappa shape index (κ2) is 7.27. The van der Waals surface area contributed by atoms with Crippen LogP contribution in [0.4, 0.5) is 0 Å². The molecule has 1 aromatic carbocycles. The maximum absolute atomic E-state index is 12.0. The van der Waals surface area contributed by atoms with Gasteiger partial charge in [0.1, 0.15) is 11.8 Å². The number of ether oxygens (including phenoxy) is 1. The smallest absolute Gasteiger partial charge is 0.249 e. The summed E-state index contributed by atoms with van der Waals surface area (Å²) in [5, 5.41) is 8.79. The number of hydrogen-bond acceptors (Lipinski definition) is 6. The van der Waals surface area contributed by atoms with E-state index >= 15 is 0 Å². The zero-order chi connectivity index (χ0) is 16.9. The topological polar surface area (TPSA) is 77.3 Å². The summed E-state index contributed by atoms with van der Waals surface area (Å²) in [5.41, 5.74) is 0.822. The van der Waals surface area contributed by atoms with E-state index in [1.54, 1.807) is 18.4 Å². The van der Waals surface area contributed by atoms with Crippen LogP contribution < -0.4 is 10.1 Å². The van der Waals surface area contributed by atoms with E-state index in [-0.39, 0.29) is 11.9 Å². The molecule has 2 heterocycles. The molecule has 0 fully saturated rings. The number of rotatable bonds is 6. The number of carbonyl (C=O) groups excluding carboxylic acids is 1. The Morgan fingerprint density at radius 3 is 2.79 bits per heavy atom. The third-order valence-electron chi connectivity index (χ3n) is 3.45. The zero-order valence-corrected chi connectivity index (χ0v) is 14.2. The molecular formula is C17H17N3O3S. The summed E-state index contributed by atoms with van der Waals surface area (Å²) in [7, 11) is 1.61. The van der Waals surface area contributed by atoms with Gasteiger partial charge in [-0.3, -0.25) is 4.79 Å². The summed E-state index contributed by atoms with van der Waals surface area (Å²) in [6.07, 6.45) is 0.349. The standard InChI is InChI=1S/C17H17N3O3S/c1-11(18-15(21)10-14-4-3-9-24-14)17-19-16(20-23-17)12-5-7-13(22-2)8-6-12/h3-9,11H,10H2,1-2H3,(H,18,21)/t11-/m0/s1. The monoisotopic (exact) mass is 343 g/mol. The van der Waals surface area contributed by atoms with Crippen LogP contribution in [0.2, 0.25) is 0 Å². The van der Waals surface area contributed by atoms with E-state index in [0.717, 1.165) is 16.2 Å². The molecule has 0 radical (unpaired) electrons. The molecule has 0 aliphatic rings. The van der Waals surface area contributed by atoms with Gasteiger partial charge in [-0.2, -0.15) is 4.98 Å². The van der Waals surface area contributed by atoms with Gasteiger partial charge in [-0.25, -0.2) is 0 Å². The molecule has 1 N–H and O–H groups in total. The van der Waals surface area contributed by atoms with E-state index in [0.29, 0.717) is 18.1 Å². The Balaban J connectivity index is 1.64. The van der Waals surface area contributed by atoms with Gasteiger partial charge in [0.15, 0.2) is 0 Å². The van der Waals surface area contributed by atoms with Crippen molar-refractivity contribution in [1.82, 2.24) is 15.5 Å². The first-order chi connectivity index (χ1) is 11.7. The van der Waals surface area contributed by atoms with Gasteiger partial charge in [0.05, 0.1) is 13.5 Å². The lowest BCUT2D eigenvalue weighted by Crippen LogP contribution is -2.28. The molecule has 0 spiro atoms. The molecule has 0 saturated heterocycles. The highest BCUT2D eigenvalue weighted by atomic mass is 32.1. The van der Waals surface area contributed by atoms with Crippen LogP contribution in [-0.4, -0.2) is 23.2 Å². The number of carbonyl (C=O) groups is 1. The number of benzene rings is 1. The summed E-state index contributed by atoms with van der Waals surface area (Å²) < 4.78 is 10.4. The second-order valence-electron chi connectivity index (χ2n) is 5.23. The molecule has 0 aliphatic carbocycles. The van der Waals surface area contributed by atoms with Gasteiger partial charge < -0.3 is 14.6 Å². The van der Waals surface area contributed by atoms with Crippen molar-refractivity contribution in [3.63, 3.8) is 0 Å². The van der Waals surface area contributed by atoms with Gasteiger partial charge in [-0.15, -0.1) is 11.3 Å². The lowest BCUT2D eigenvalue weighted by atomic mass is 10.2. The van der Waals surface area contributed by atoms with Gasteiger partial charge in [0.25, 0.3) is 0 Å². The van der Waals surface area contributed by atoms with Gasteiger partial charge >= 0.3 is 0 Å². The fraction of sp³-hybridized carbons (Fsp3) is 0.235. The highest BCUT2D eigenvalue weighted by molar-refractivity contribution is 7.10. The Morgan fingerprint density at radius 1 is 1.33 bits per heavy atom. The van der Waals surface area contributed by atoms with Crippen LogP contribution in [0.1, 0.15) is 23.7 Å². The Morgan fingerprint density at radius 2 is 2.12 bits per heavy atom. The Bertz CT molecular complexity index is 797. The van der Waals surface area contributed by atoms with Crippen molar-refractivity contribution >= 4 is 17.2 Å². The normalized spacial score (nSPS) is 11.9. The maximum Gasteiger partial charge on any atom is 0.249 e. The van der Waals surface area contributed by atoms with Crippen molar-refractivity contribution in [1.29, 1.82) is 0 Å². The molecule has 0 aliphatic heterocycles. The Hall–Kier alpha value is -2.67. The average Bonchev–Trinajstić information content (AvgIpc) is 3.26. The zero-order valence-electron chi connectivity index (χ0n) is 13.4. The van der Waals surface area contributed by atoms with E-state index in [2.05, 4.69) is 15.5 Å². The van der Waals surface area contributed by atoms with Crippen molar-refractivity contribution in [3.8, 4) is 17.1 Å². The molecule has 3 rings (SSSR count). The first-order valence-corrected chi connectivity index (χ1v) is 8.33. The fourth-order valence-corrected chi connectivity index (χ4v) is 2.90. The van der Waals surface area contributed by atoms with E-state index in [1.165, 1.54) is 0 Å². The largest absolute Gasteiger partial charge is 0.497 e. The van der Waals surface area contributed by atoms with Crippen molar-refractivity contribution in [2.24, 2.45) is 0 Å². The van der Waals surface area contributed by atoms with Gasteiger partial charge in [0.2, 0.25) is 17.6 Å². The Kier molecular flexibility index (Phi) is 4.90. The van der Waals surface area contributed by atoms with Crippen molar-refractivity contribution in [2.45, 2.75) is 19.4 Å². The summed E-state index contributed by atoms with van der Waals surface area (Å²) in [4.78, 5) is 17.4. The fourth-order valence-electron chi connectivity index (χ4n) is 2.19. The number of aromatic nitrogens is 2. The van der Waals surface area contributed by atoms with Gasteiger partial charge in [-0.1, -0.05) is 11.2 Å². The molecule has 0 bridgehead atoms. The molecule has 6 nitrogen and oxygen atoms in total. The van der Waals surface area contributed by atoms with Crippen molar-refractivity contribution in [2.75, 3.05) is 7.11 Å². The van der Waals surface area contributed by atoms with Crippen LogP contribution in [0.3, 0.4) is 0 Å². The maximum atomic E-state index is 12.0. The van der Waals surface area contributed by atoms with E-state index in [4.69, 9.17) is 9.26 Å². The Labute approximate surface area is 143 Å². The highest BCUT2D eigenvalue weighted by Crippen LogP contribution is 2.21. The number of methoxy groups -OCH3 is 1. The molecule has 1 atom stereocenters. The summed E-state index contributed by atoms with van der Waals surface area (Å²) in [6.45, 7) is 1.82. The van der Waals surface area contributed by atoms with E-state index in [1.807, 2.05) is 48.7 Å². The number of thiophene rings is 1.